The number of aliphatic carboxylic acids is 1. The van der Waals surface area contributed by atoms with Gasteiger partial charge in [0.05, 0.1) is 0 Å². The lowest BCUT2D eigenvalue weighted by molar-refractivity contribution is -0.164. The van der Waals surface area contributed by atoms with Gasteiger partial charge in [0.2, 0.25) is 0 Å². The molecule has 19 heavy (non-hydrogen) atoms. The Morgan fingerprint density at radius 3 is 2.47 bits per heavy atom. The number of likely N-dealkylation sites (N-methyl/N-ethyl adjacent to an activating group) is 1. The number of carbonyl (C=O) groups is 2. The van der Waals surface area contributed by atoms with Crippen molar-refractivity contribution in [1.82, 2.24) is 4.90 Å². The van der Waals surface area contributed by atoms with Gasteiger partial charge in [-0.05, 0) is 19.1 Å². The van der Waals surface area contributed by atoms with Crippen molar-refractivity contribution in [1.29, 1.82) is 0 Å². The van der Waals surface area contributed by atoms with Gasteiger partial charge < -0.3 is 10.0 Å². The largest absolute Gasteiger partial charge is 0.480 e. The first-order valence-corrected chi connectivity index (χ1v) is 5.69. The molecule has 0 heterocycles. The van der Waals surface area contributed by atoms with E-state index in [1.54, 1.807) is 0 Å². The van der Waals surface area contributed by atoms with Gasteiger partial charge in [-0.25, -0.2) is 4.79 Å². The van der Waals surface area contributed by atoms with E-state index in [0.29, 0.717) is 4.90 Å². The van der Waals surface area contributed by atoms with Gasteiger partial charge in [-0.1, -0.05) is 23.7 Å². The third-order valence-electron chi connectivity index (χ3n) is 2.71. The standard InChI is InChI=1S/C12H12ClF2NO3/c1-7(10(17)18)16(2)11(19)12(14,15)8-4-3-5-9(13)6-8/h3-7H,1-2H3,(H,17,18). The van der Waals surface area contributed by atoms with Gasteiger partial charge in [0.25, 0.3) is 5.91 Å². The summed E-state index contributed by atoms with van der Waals surface area (Å²) < 4.78 is 27.9. The Morgan fingerprint density at radius 2 is 2.00 bits per heavy atom. The van der Waals surface area contributed by atoms with Crippen molar-refractivity contribution >= 4 is 23.5 Å². The third-order valence-corrected chi connectivity index (χ3v) is 2.95. The number of hydrogen-bond acceptors (Lipinski definition) is 2. The lowest BCUT2D eigenvalue weighted by atomic mass is 10.1. The molecule has 104 valence electrons. The molecule has 1 aromatic rings. The maximum absolute atomic E-state index is 14.0. The fourth-order valence-corrected chi connectivity index (χ4v) is 1.56. The van der Waals surface area contributed by atoms with E-state index < -0.39 is 29.4 Å². The topological polar surface area (TPSA) is 57.6 Å². The Balaban J connectivity index is 3.06. The van der Waals surface area contributed by atoms with E-state index in [9.17, 15) is 18.4 Å². The van der Waals surface area contributed by atoms with Crippen LogP contribution in [0.4, 0.5) is 8.78 Å². The highest BCUT2D eigenvalue weighted by Gasteiger charge is 2.45. The van der Waals surface area contributed by atoms with Crippen molar-refractivity contribution in [2.45, 2.75) is 18.9 Å². The van der Waals surface area contributed by atoms with Crippen LogP contribution in [0.15, 0.2) is 24.3 Å². The van der Waals surface area contributed by atoms with Crippen molar-refractivity contribution < 1.29 is 23.5 Å². The fourth-order valence-electron chi connectivity index (χ4n) is 1.37. The maximum Gasteiger partial charge on any atom is 0.350 e. The summed E-state index contributed by atoms with van der Waals surface area (Å²) in [6, 6.07) is 3.37. The minimum Gasteiger partial charge on any atom is -0.480 e. The second kappa shape index (κ2) is 5.52. The van der Waals surface area contributed by atoms with Gasteiger partial charge in [0.1, 0.15) is 6.04 Å². The molecule has 4 nitrogen and oxygen atoms in total. The zero-order valence-corrected chi connectivity index (χ0v) is 11.0. The van der Waals surface area contributed by atoms with E-state index in [4.69, 9.17) is 16.7 Å². The average molecular weight is 292 g/mol. The summed E-state index contributed by atoms with van der Waals surface area (Å²) in [4.78, 5) is 22.9. The molecule has 1 amide bonds. The zero-order valence-electron chi connectivity index (χ0n) is 10.2. The molecule has 0 saturated heterocycles. The molecule has 1 aromatic carbocycles. The van der Waals surface area contributed by atoms with Crippen molar-refractivity contribution in [3.05, 3.63) is 34.9 Å². The van der Waals surface area contributed by atoms with Crippen molar-refractivity contribution in [2.75, 3.05) is 7.05 Å². The Hall–Kier alpha value is -1.69. The molecule has 0 spiro atoms. The summed E-state index contributed by atoms with van der Waals surface area (Å²) in [7, 11) is 1.01. The number of alkyl halides is 2. The summed E-state index contributed by atoms with van der Waals surface area (Å²) in [5.41, 5.74) is -0.575. The number of rotatable bonds is 4. The van der Waals surface area contributed by atoms with Gasteiger partial charge >= 0.3 is 11.9 Å². The average Bonchev–Trinajstić information content (AvgIpc) is 2.35. The van der Waals surface area contributed by atoms with E-state index >= 15 is 0 Å². The predicted octanol–water partition coefficient (Wildman–Crippen LogP) is 2.36. The molecule has 0 aliphatic carbocycles. The fraction of sp³-hybridized carbons (Fsp3) is 0.333. The van der Waals surface area contributed by atoms with Crippen molar-refractivity contribution in [2.24, 2.45) is 0 Å². The van der Waals surface area contributed by atoms with E-state index in [1.807, 2.05) is 0 Å². The normalized spacial score (nSPS) is 12.9. The Kier molecular flexibility index (Phi) is 4.47. The van der Waals surface area contributed by atoms with Crippen LogP contribution in [0.25, 0.3) is 0 Å². The van der Waals surface area contributed by atoms with Gasteiger partial charge in [-0.2, -0.15) is 8.78 Å². The first kappa shape index (κ1) is 15.4. The van der Waals surface area contributed by atoms with Crippen LogP contribution in [0.2, 0.25) is 5.02 Å². The van der Waals surface area contributed by atoms with Crippen LogP contribution in [-0.4, -0.2) is 35.0 Å². The van der Waals surface area contributed by atoms with E-state index in [-0.39, 0.29) is 5.02 Å². The van der Waals surface area contributed by atoms with Gasteiger partial charge in [-0.3, -0.25) is 4.79 Å². The van der Waals surface area contributed by atoms with E-state index in [1.165, 1.54) is 12.1 Å². The first-order valence-electron chi connectivity index (χ1n) is 5.32. The van der Waals surface area contributed by atoms with E-state index in [0.717, 1.165) is 26.1 Å². The summed E-state index contributed by atoms with van der Waals surface area (Å²) in [5.74, 6) is -6.79. The monoisotopic (exact) mass is 291 g/mol. The molecule has 0 aliphatic rings. The molecular formula is C12H12ClF2NO3. The number of hydrogen-bond donors (Lipinski definition) is 1. The zero-order chi connectivity index (χ0) is 14.8. The SMILES string of the molecule is CC(C(=O)O)N(C)C(=O)C(F)(F)c1cccc(Cl)c1. The smallest absolute Gasteiger partial charge is 0.350 e. The van der Waals surface area contributed by atoms with Crippen molar-refractivity contribution in [3.63, 3.8) is 0 Å². The molecule has 0 aliphatic heterocycles. The van der Waals surface area contributed by atoms with Crippen LogP contribution in [0, 0.1) is 0 Å². The van der Waals surface area contributed by atoms with Crippen molar-refractivity contribution in [3.8, 4) is 0 Å². The Labute approximate surface area is 113 Å². The summed E-state index contributed by atoms with van der Waals surface area (Å²) in [5, 5.41) is 8.79. The van der Waals surface area contributed by atoms with Gasteiger partial charge in [0, 0.05) is 17.6 Å². The number of amides is 1. The minimum atomic E-state index is -3.83. The van der Waals surface area contributed by atoms with Crippen LogP contribution in [0.5, 0.6) is 0 Å². The van der Waals surface area contributed by atoms with Crippen LogP contribution in [-0.2, 0) is 15.5 Å². The highest BCUT2D eigenvalue weighted by atomic mass is 35.5. The number of benzene rings is 1. The van der Waals surface area contributed by atoms with Gasteiger partial charge in [0.15, 0.2) is 0 Å². The summed E-state index contributed by atoms with van der Waals surface area (Å²) in [6.45, 7) is 1.15. The van der Waals surface area contributed by atoms with Crippen LogP contribution in [0.3, 0.4) is 0 Å². The molecule has 1 atom stereocenters. The third kappa shape index (κ3) is 3.20. The van der Waals surface area contributed by atoms with Crippen LogP contribution >= 0.6 is 11.6 Å². The molecule has 0 fully saturated rings. The van der Waals surface area contributed by atoms with Crippen LogP contribution in [0.1, 0.15) is 12.5 Å². The van der Waals surface area contributed by atoms with Gasteiger partial charge in [-0.15, -0.1) is 0 Å². The highest BCUT2D eigenvalue weighted by Crippen LogP contribution is 2.31. The second-order valence-electron chi connectivity index (χ2n) is 4.02. The van der Waals surface area contributed by atoms with Crippen LogP contribution < -0.4 is 0 Å². The molecular weight excluding hydrogens is 280 g/mol. The summed E-state index contributed by atoms with van der Waals surface area (Å²) in [6.07, 6.45) is 0. The molecule has 1 rings (SSSR count). The molecule has 0 aromatic heterocycles. The first-order chi connectivity index (χ1) is 8.67. The number of carbonyl (C=O) groups excluding carboxylic acids is 1. The molecule has 0 radical (unpaired) electrons. The molecule has 0 bridgehead atoms. The minimum absolute atomic E-state index is 0.0684. The predicted molar refractivity (Wildman–Crippen MR) is 65.2 cm³/mol. The molecule has 1 N–H and O–H groups in total. The second-order valence-corrected chi connectivity index (χ2v) is 4.45. The van der Waals surface area contributed by atoms with E-state index in [2.05, 4.69) is 0 Å². The lowest BCUT2D eigenvalue weighted by Gasteiger charge is -2.26. The molecule has 7 heteroatoms. The Morgan fingerprint density at radius 1 is 1.42 bits per heavy atom. The maximum atomic E-state index is 14.0. The Bertz CT molecular complexity index is 508. The molecule has 1 unspecified atom stereocenters. The number of halogens is 3. The number of carboxylic acids is 1. The lowest BCUT2D eigenvalue weighted by Crippen LogP contribution is -2.47. The highest BCUT2D eigenvalue weighted by molar-refractivity contribution is 6.30. The summed E-state index contributed by atoms with van der Waals surface area (Å²) >= 11 is 5.60. The number of nitrogens with zero attached hydrogens (tertiary/aromatic N) is 1. The number of carboxylic acid groups (broad SMARTS) is 1. The molecule has 0 saturated carbocycles. The quantitative estimate of drug-likeness (QED) is 0.926.